The molecule has 0 aromatic heterocycles. The summed E-state index contributed by atoms with van der Waals surface area (Å²) in [5, 5.41) is 0. The molecule has 1 aromatic rings. The lowest BCUT2D eigenvalue weighted by Crippen LogP contribution is -2.11. The van der Waals surface area contributed by atoms with Gasteiger partial charge in [0.1, 0.15) is 0 Å². The first-order valence-electron chi connectivity index (χ1n) is 5.69. The van der Waals surface area contributed by atoms with E-state index in [1.165, 1.54) is 29.5 Å². The predicted octanol–water partition coefficient (Wildman–Crippen LogP) is 3.83. The van der Waals surface area contributed by atoms with Gasteiger partial charge < -0.3 is 0 Å². The lowest BCUT2D eigenvalue weighted by molar-refractivity contribution is 0.522. The van der Waals surface area contributed by atoms with Crippen molar-refractivity contribution in [2.45, 2.75) is 45.4 Å². The Kier molecular flexibility index (Phi) is 2.46. The second-order valence-electron chi connectivity index (χ2n) is 5.40. The summed E-state index contributed by atoms with van der Waals surface area (Å²) in [7, 11) is 0. The van der Waals surface area contributed by atoms with Gasteiger partial charge in [-0.05, 0) is 48.3 Å². The van der Waals surface area contributed by atoms with E-state index in [2.05, 4.69) is 32.0 Å². The van der Waals surface area contributed by atoms with Gasteiger partial charge in [0.05, 0.1) is 0 Å². The van der Waals surface area contributed by atoms with Gasteiger partial charge in [-0.25, -0.2) is 0 Å². The molecule has 0 saturated heterocycles. The normalized spacial score (nSPS) is 17.5. The highest BCUT2D eigenvalue weighted by Crippen LogP contribution is 2.38. The van der Waals surface area contributed by atoms with Gasteiger partial charge in [0, 0.05) is 0 Å². The Morgan fingerprint density at radius 3 is 2.80 bits per heavy atom. The number of benzene rings is 1. The minimum atomic E-state index is 0.370. The summed E-state index contributed by atoms with van der Waals surface area (Å²) >= 11 is 0. The maximum Gasteiger partial charge on any atom is -0.00667 e. The maximum atomic E-state index is 5.74. The molecule has 1 aromatic carbocycles. The van der Waals surface area contributed by atoms with Crippen LogP contribution < -0.4 is 0 Å². The largest absolute Gasteiger partial charge is 0.0689 e. The summed E-state index contributed by atoms with van der Waals surface area (Å²) in [6, 6.07) is 6.85. The number of rotatable bonds is 2. The van der Waals surface area contributed by atoms with Gasteiger partial charge >= 0.3 is 0 Å². The maximum absolute atomic E-state index is 5.74. The molecule has 0 heteroatoms. The Bertz CT molecular complexity index is 396. The van der Waals surface area contributed by atoms with Crippen LogP contribution in [0, 0.1) is 6.58 Å². The first-order valence-corrected chi connectivity index (χ1v) is 5.69. The van der Waals surface area contributed by atoms with E-state index in [0.29, 0.717) is 5.41 Å². The van der Waals surface area contributed by atoms with Crippen molar-refractivity contribution in [3.63, 3.8) is 0 Å². The zero-order chi connectivity index (χ0) is 11.1. The topological polar surface area (TPSA) is 0 Å². The molecule has 0 atom stereocenters. The SMILES string of the molecule is [CH]=C(C)Cc1ccc2c(c1)CCC2(C)C. The monoisotopic (exact) mass is 199 g/mol. The summed E-state index contributed by atoms with van der Waals surface area (Å²) in [6.07, 6.45) is 3.41. The lowest BCUT2D eigenvalue weighted by atomic mass is 9.86. The number of hydrogen-bond acceptors (Lipinski definition) is 0. The summed E-state index contributed by atoms with van der Waals surface area (Å²) in [6.45, 7) is 12.4. The second-order valence-corrected chi connectivity index (χ2v) is 5.40. The van der Waals surface area contributed by atoms with Gasteiger partial charge in [0.15, 0.2) is 0 Å². The Balaban J connectivity index is 2.33. The molecule has 79 valence electrons. The van der Waals surface area contributed by atoms with Crippen LogP contribution in [0.1, 0.15) is 43.9 Å². The van der Waals surface area contributed by atoms with E-state index in [-0.39, 0.29) is 0 Å². The summed E-state index contributed by atoms with van der Waals surface area (Å²) in [4.78, 5) is 0. The van der Waals surface area contributed by atoms with Gasteiger partial charge in [-0.1, -0.05) is 44.2 Å². The quantitative estimate of drug-likeness (QED) is 0.679. The van der Waals surface area contributed by atoms with Crippen molar-refractivity contribution in [1.82, 2.24) is 0 Å². The van der Waals surface area contributed by atoms with Gasteiger partial charge in [-0.15, -0.1) is 0 Å². The first-order chi connectivity index (χ1) is 6.99. The third-order valence-electron chi connectivity index (χ3n) is 3.40. The number of allylic oxidation sites excluding steroid dienone is 1. The Morgan fingerprint density at radius 1 is 1.40 bits per heavy atom. The average Bonchev–Trinajstić information content (AvgIpc) is 2.41. The summed E-state index contributed by atoms with van der Waals surface area (Å²) < 4.78 is 0. The lowest BCUT2D eigenvalue weighted by Gasteiger charge is -2.18. The standard InChI is InChI=1S/C15H19/c1-11(2)9-12-5-6-14-13(10-12)7-8-15(14,3)4/h1,5-6,10H,7-9H2,2-4H3. The third kappa shape index (κ3) is 1.99. The van der Waals surface area contributed by atoms with Gasteiger partial charge in [-0.3, -0.25) is 0 Å². The molecule has 0 fully saturated rings. The fraction of sp³-hybridized carbons (Fsp3) is 0.467. The smallest absolute Gasteiger partial charge is 0.00667 e. The van der Waals surface area contributed by atoms with Crippen molar-refractivity contribution in [1.29, 1.82) is 0 Å². The highest BCUT2D eigenvalue weighted by atomic mass is 14.3. The molecule has 1 aliphatic rings. The molecule has 0 heterocycles. The zero-order valence-electron chi connectivity index (χ0n) is 9.93. The van der Waals surface area contributed by atoms with Crippen molar-refractivity contribution in [2.75, 3.05) is 0 Å². The molecule has 0 nitrogen and oxygen atoms in total. The molecular weight excluding hydrogens is 180 g/mol. The molecule has 0 unspecified atom stereocenters. The van der Waals surface area contributed by atoms with Gasteiger partial charge in [-0.2, -0.15) is 0 Å². The fourth-order valence-electron chi connectivity index (χ4n) is 2.53. The molecule has 0 bridgehead atoms. The molecule has 1 radical (unpaired) electrons. The van der Waals surface area contributed by atoms with Crippen LogP contribution in [0.25, 0.3) is 0 Å². The molecule has 0 spiro atoms. The molecule has 1 aliphatic carbocycles. The van der Waals surface area contributed by atoms with E-state index in [1.807, 2.05) is 6.92 Å². The molecule has 15 heavy (non-hydrogen) atoms. The van der Waals surface area contributed by atoms with Gasteiger partial charge in [0.2, 0.25) is 0 Å². The predicted molar refractivity (Wildman–Crippen MR) is 65.0 cm³/mol. The van der Waals surface area contributed by atoms with E-state index in [0.717, 1.165) is 12.0 Å². The van der Waals surface area contributed by atoms with Crippen molar-refractivity contribution in [3.05, 3.63) is 47.0 Å². The van der Waals surface area contributed by atoms with Crippen LogP contribution in [0.5, 0.6) is 0 Å². The Labute approximate surface area is 93.0 Å². The van der Waals surface area contributed by atoms with E-state index in [9.17, 15) is 0 Å². The molecule has 0 aliphatic heterocycles. The minimum Gasteiger partial charge on any atom is -0.0689 e. The Morgan fingerprint density at radius 2 is 2.13 bits per heavy atom. The highest BCUT2D eigenvalue weighted by molar-refractivity contribution is 5.41. The van der Waals surface area contributed by atoms with Crippen molar-refractivity contribution >= 4 is 0 Å². The molecule has 0 N–H and O–H groups in total. The van der Waals surface area contributed by atoms with Crippen LogP contribution in [0.4, 0.5) is 0 Å². The van der Waals surface area contributed by atoms with Crippen molar-refractivity contribution in [3.8, 4) is 0 Å². The van der Waals surface area contributed by atoms with Crippen molar-refractivity contribution in [2.24, 2.45) is 0 Å². The summed E-state index contributed by atoms with van der Waals surface area (Å²) in [5.41, 5.74) is 5.77. The zero-order valence-corrected chi connectivity index (χ0v) is 9.93. The average molecular weight is 199 g/mol. The van der Waals surface area contributed by atoms with Crippen LogP contribution in [0.15, 0.2) is 23.8 Å². The first kappa shape index (κ1) is 10.5. The van der Waals surface area contributed by atoms with Crippen LogP contribution in [-0.2, 0) is 18.3 Å². The van der Waals surface area contributed by atoms with Crippen LogP contribution in [0.2, 0.25) is 0 Å². The Hall–Kier alpha value is -1.04. The highest BCUT2D eigenvalue weighted by Gasteiger charge is 2.29. The number of fused-ring (bicyclic) bond motifs is 1. The van der Waals surface area contributed by atoms with Crippen LogP contribution in [0.3, 0.4) is 0 Å². The number of hydrogen-bond donors (Lipinski definition) is 0. The molecule has 0 saturated carbocycles. The molecule has 0 amide bonds. The van der Waals surface area contributed by atoms with Crippen molar-refractivity contribution < 1.29 is 0 Å². The van der Waals surface area contributed by atoms with E-state index in [4.69, 9.17) is 6.58 Å². The molecular formula is C15H19. The second kappa shape index (κ2) is 3.52. The third-order valence-corrected chi connectivity index (χ3v) is 3.40. The number of aryl methyl sites for hydroxylation is 1. The van der Waals surface area contributed by atoms with Crippen LogP contribution >= 0.6 is 0 Å². The minimum absolute atomic E-state index is 0.370. The van der Waals surface area contributed by atoms with E-state index < -0.39 is 0 Å². The van der Waals surface area contributed by atoms with E-state index in [1.54, 1.807) is 0 Å². The fourth-order valence-corrected chi connectivity index (χ4v) is 2.53. The summed E-state index contributed by atoms with van der Waals surface area (Å²) in [5.74, 6) is 0. The van der Waals surface area contributed by atoms with E-state index >= 15 is 0 Å². The molecule has 2 rings (SSSR count). The van der Waals surface area contributed by atoms with Crippen LogP contribution in [-0.4, -0.2) is 0 Å². The van der Waals surface area contributed by atoms with Gasteiger partial charge in [0.25, 0.3) is 0 Å².